The van der Waals surface area contributed by atoms with E-state index < -0.39 is 0 Å². The Hall–Kier alpha value is -1.91. The van der Waals surface area contributed by atoms with Crippen LogP contribution in [0.4, 0.5) is 0 Å². The maximum Gasteiger partial charge on any atom is 0.315 e. The molecule has 0 radical (unpaired) electrons. The highest BCUT2D eigenvalue weighted by molar-refractivity contribution is 7.99. The highest BCUT2D eigenvalue weighted by atomic mass is 35.5. The number of benzene rings is 2. The van der Waals surface area contributed by atoms with Crippen molar-refractivity contribution in [2.45, 2.75) is 5.75 Å². The summed E-state index contributed by atoms with van der Waals surface area (Å²) in [7, 11) is 1.39. The number of furan rings is 1. The number of methoxy groups -OCH3 is 1. The second-order valence-electron chi connectivity index (χ2n) is 4.97. The van der Waals surface area contributed by atoms with Gasteiger partial charge < -0.3 is 9.15 Å². The number of fused-ring (bicyclic) bond motifs is 1. The summed E-state index contributed by atoms with van der Waals surface area (Å²) in [5.74, 6) is 1.44. The van der Waals surface area contributed by atoms with Crippen LogP contribution in [0.5, 0.6) is 0 Å². The first-order valence-corrected chi connectivity index (χ1v) is 8.64. The topological polar surface area (TPSA) is 39.4 Å². The van der Waals surface area contributed by atoms with Crippen molar-refractivity contribution in [3.8, 4) is 11.3 Å². The van der Waals surface area contributed by atoms with Gasteiger partial charge in [-0.05, 0) is 17.7 Å². The molecule has 1 aromatic heterocycles. The summed E-state index contributed by atoms with van der Waals surface area (Å²) in [5, 5.41) is 1.52. The Morgan fingerprint density at radius 3 is 2.70 bits per heavy atom. The first kappa shape index (κ1) is 16.0. The van der Waals surface area contributed by atoms with Crippen molar-refractivity contribution in [3.63, 3.8) is 0 Å². The Balaban J connectivity index is 1.93. The summed E-state index contributed by atoms with van der Waals surface area (Å²) >= 11 is 8.00. The molecule has 3 aromatic rings. The van der Waals surface area contributed by atoms with Crippen LogP contribution in [0.2, 0.25) is 5.02 Å². The van der Waals surface area contributed by atoms with Crippen molar-refractivity contribution in [1.29, 1.82) is 0 Å². The molecular weight excluding hydrogens is 332 g/mol. The van der Waals surface area contributed by atoms with Gasteiger partial charge in [-0.25, -0.2) is 0 Å². The summed E-state index contributed by atoms with van der Waals surface area (Å²) in [6, 6.07) is 15.6. The third-order valence-electron chi connectivity index (χ3n) is 3.50. The molecule has 0 atom stereocenters. The molecule has 0 N–H and O–H groups in total. The Kier molecular flexibility index (Phi) is 4.94. The van der Waals surface area contributed by atoms with Crippen LogP contribution in [0.3, 0.4) is 0 Å². The number of halogens is 1. The molecule has 118 valence electrons. The van der Waals surface area contributed by atoms with Crippen LogP contribution in [0.25, 0.3) is 22.3 Å². The normalized spacial score (nSPS) is 10.9. The first-order valence-electron chi connectivity index (χ1n) is 7.10. The molecule has 0 aliphatic rings. The second-order valence-corrected chi connectivity index (χ2v) is 6.33. The number of esters is 1. The van der Waals surface area contributed by atoms with Crippen LogP contribution in [0.1, 0.15) is 5.56 Å². The average Bonchev–Trinajstić information content (AvgIpc) is 2.92. The molecular formula is C18H15ClO3S. The van der Waals surface area contributed by atoms with Gasteiger partial charge in [0.25, 0.3) is 0 Å². The monoisotopic (exact) mass is 346 g/mol. The molecule has 0 unspecified atom stereocenters. The summed E-state index contributed by atoms with van der Waals surface area (Å²) < 4.78 is 10.6. The fraction of sp³-hybridized carbons (Fsp3) is 0.167. The van der Waals surface area contributed by atoms with Gasteiger partial charge in [-0.1, -0.05) is 48.0 Å². The molecule has 0 bridgehead atoms. The Morgan fingerprint density at radius 1 is 1.17 bits per heavy atom. The van der Waals surface area contributed by atoms with Gasteiger partial charge >= 0.3 is 5.97 Å². The van der Waals surface area contributed by atoms with Gasteiger partial charge in [0.2, 0.25) is 0 Å². The largest absolute Gasteiger partial charge is 0.468 e. The zero-order valence-electron chi connectivity index (χ0n) is 12.5. The maximum atomic E-state index is 11.2. The fourth-order valence-corrected chi connectivity index (χ4v) is 3.51. The fourth-order valence-electron chi connectivity index (χ4n) is 2.36. The van der Waals surface area contributed by atoms with Crippen LogP contribution in [0.15, 0.2) is 52.9 Å². The summed E-state index contributed by atoms with van der Waals surface area (Å²) in [4.78, 5) is 11.2. The second kappa shape index (κ2) is 7.11. The number of hydrogen-bond donors (Lipinski definition) is 0. The minimum Gasteiger partial charge on any atom is -0.468 e. The molecule has 3 rings (SSSR count). The molecule has 2 aromatic carbocycles. The van der Waals surface area contributed by atoms with E-state index in [4.69, 9.17) is 16.0 Å². The van der Waals surface area contributed by atoms with E-state index in [9.17, 15) is 4.79 Å². The van der Waals surface area contributed by atoms with Crippen molar-refractivity contribution in [3.05, 3.63) is 59.1 Å². The lowest BCUT2D eigenvalue weighted by Crippen LogP contribution is -2.03. The van der Waals surface area contributed by atoms with Crippen LogP contribution < -0.4 is 0 Å². The quantitative estimate of drug-likeness (QED) is 0.598. The maximum absolute atomic E-state index is 11.2. The van der Waals surface area contributed by atoms with Gasteiger partial charge in [-0.15, -0.1) is 11.8 Å². The predicted octanol–water partition coefficient (Wildman–Crippen LogP) is 5.16. The van der Waals surface area contributed by atoms with Gasteiger partial charge in [-0.2, -0.15) is 0 Å². The van der Waals surface area contributed by atoms with Gasteiger partial charge in [0.1, 0.15) is 5.58 Å². The average molecular weight is 347 g/mol. The summed E-state index contributed by atoms with van der Waals surface area (Å²) in [5.41, 5.74) is 2.79. The van der Waals surface area contributed by atoms with E-state index in [1.807, 2.05) is 48.5 Å². The van der Waals surface area contributed by atoms with Crippen LogP contribution in [-0.4, -0.2) is 18.8 Å². The Bertz CT molecular complexity index is 841. The molecule has 23 heavy (non-hydrogen) atoms. The zero-order chi connectivity index (χ0) is 16.2. The van der Waals surface area contributed by atoms with Gasteiger partial charge in [0.15, 0.2) is 5.76 Å². The lowest BCUT2D eigenvalue weighted by molar-refractivity contribution is -0.137. The molecule has 0 saturated carbocycles. The highest BCUT2D eigenvalue weighted by Crippen LogP contribution is 2.39. The first-order chi connectivity index (χ1) is 11.2. The third kappa shape index (κ3) is 3.38. The van der Waals surface area contributed by atoms with Crippen molar-refractivity contribution in [1.82, 2.24) is 0 Å². The molecule has 0 aliphatic carbocycles. The molecule has 0 spiro atoms. The predicted molar refractivity (Wildman–Crippen MR) is 94.8 cm³/mol. The van der Waals surface area contributed by atoms with Gasteiger partial charge in [-0.3, -0.25) is 4.79 Å². The molecule has 0 amide bonds. The molecule has 0 fully saturated rings. The Morgan fingerprint density at radius 2 is 1.91 bits per heavy atom. The van der Waals surface area contributed by atoms with Crippen molar-refractivity contribution in [2.24, 2.45) is 0 Å². The highest BCUT2D eigenvalue weighted by Gasteiger charge is 2.16. The van der Waals surface area contributed by atoms with E-state index in [2.05, 4.69) is 4.74 Å². The number of carbonyl (C=O) groups excluding carboxylic acids is 1. The number of para-hydroxylation sites is 1. The van der Waals surface area contributed by atoms with Gasteiger partial charge in [0.05, 0.1) is 17.9 Å². The summed E-state index contributed by atoms with van der Waals surface area (Å²) in [6.45, 7) is 0. The van der Waals surface area contributed by atoms with E-state index in [-0.39, 0.29) is 5.97 Å². The molecule has 0 saturated heterocycles. The van der Waals surface area contributed by atoms with E-state index in [1.165, 1.54) is 18.9 Å². The van der Waals surface area contributed by atoms with Crippen LogP contribution >= 0.6 is 23.4 Å². The molecule has 1 heterocycles. The minimum absolute atomic E-state index is 0.228. The number of ether oxygens (including phenoxy) is 1. The van der Waals surface area contributed by atoms with E-state index in [0.717, 1.165) is 22.1 Å². The minimum atomic E-state index is -0.228. The molecule has 5 heteroatoms. The van der Waals surface area contributed by atoms with Crippen molar-refractivity contribution < 1.29 is 13.9 Å². The molecule has 3 nitrogen and oxygen atoms in total. The van der Waals surface area contributed by atoms with Crippen molar-refractivity contribution >= 4 is 40.3 Å². The lowest BCUT2D eigenvalue weighted by atomic mass is 10.1. The van der Waals surface area contributed by atoms with Crippen LogP contribution in [-0.2, 0) is 15.3 Å². The van der Waals surface area contributed by atoms with E-state index >= 15 is 0 Å². The zero-order valence-corrected chi connectivity index (χ0v) is 14.1. The Labute approximate surface area is 143 Å². The number of hydrogen-bond acceptors (Lipinski definition) is 4. The molecule has 0 aliphatic heterocycles. The standard InChI is InChI=1S/C18H15ClO3S/c1-21-16(20)11-23-10-12-6-2-3-7-13(12)18-17(19)14-8-4-5-9-15(14)22-18/h2-9H,10-11H2,1H3. The van der Waals surface area contributed by atoms with Crippen molar-refractivity contribution in [2.75, 3.05) is 12.9 Å². The van der Waals surface area contributed by atoms with Crippen LogP contribution in [0, 0.1) is 0 Å². The van der Waals surface area contributed by atoms with E-state index in [0.29, 0.717) is 22.3 Å². The van der Waals surface area contributed by atoms with Gasteiger partial charge in [0, 0.05) is 16.7 Å². The number of carbonyl (C=O) groups is 1. The number of rotatable bonds is 5. The summed E-state index contributed by atoms with van der Waals surface area (Å²) in [6.07, 6.45) is 0. The lowest BCUT2D eigenvalue weighted by Gasteiger charge is -2.07. The smallest absolute Gasteiger partial charge is 0.315 e. The number of thioether (sulfide) groups is 1. The third-order valence-corrected chi connectivity index (χ3v) is 4.83. The van der Waals surface area contributed by atoms with E-state index in [1.54, 1.807) is 0 Å². The SMILES string of the molecule is COC(=O)CSCc1ccccc1-c1oc2ccccc2c1Cl.